The number of carbonyl (C=O) groups is 2. The van der Waals surface area contributed by atoms with Crippen LogP contribution in [0.15, 0.2) is 29.8 Å². The second kappa shape index (κ2) is 8.31. The molecule has 1 spiro atoms. The Kier molecular flexibility index (Phi) is 5.77. The molecule has 156 valence electrons. The lowest BCUT2D eigenvalue weighted by Gasteiger charge is -2.32. The van der Waals surface area contributed by atoms with Gasteiger partial charge in [-0.2, -0.15) is 0 Å². The number of anilines is 2. The van der Waals surface area contributed by atoms with E-state index < -0.39 is 5.41 Å². The lowest BCUT2D eigenvalue weighted by Crippen LogP contribution is -2.45. The Labute approximate surface area is 173 Å². The van der Waals surface area contributed by atoms with E-state index >= 15 is 0 Å². The maximum absolute atomic E-state index is 13.4. The first kappa shape index (κ1) is 20.1. The molecule has 0 radical (unpaired) electrons. The van der Waals surface area contributed by atoms with Gasteiger partial charge in [-0.1, -0.05) is 25.5 Å². The highest BCUT2D eigenvalue weighted by Crippen LogP contribution is 2.48. The maximum Gasteiger partial charge on any atom is 0.237 e. The molecular weight excluding hydrogens is 364 g/mol. The number of amides is 2. The smallest absolute Gasteiger partial charge is 0.237 e. The quantitative estimate of drug-likeness (QED) is 0.742. The van der Waals surface area contributed by atoms with E-state index in [0.717, 1.165) is 29.8 Å². The molecule has 29 heavy (non-hydrogen) atoms. The van der Waals surface area contributed by atoms with Gasteiger partial charge in [-0.05, 0) is 68.2 Å². The van der Waals surface area contributed by atoms with Gasteiger partial charge in [0.15, 0.2) is 0 Å². The standard InChI is InChI=1S/C24H32N2O3/c1-17(2)16-26-21-9-8-19(25-22(27)14-18-6-4-3-5-7-18)15-20(21)24(23(26)28)10-12-29-13-11-24/h6,8-9,15,17H,3-5,7,10-14,16H2,1-2H3,(H,25,27). The molecule has 0 unspecified atom stereocenters. The van der Waals surface area contributed by atoms with Crippen LogP contribution in [-0.2, 0) is 19.7 Å². The molecule has 0 aromatic heterocycles. The third-order valence-electron chi connectivity index (χ3n) is 6.41. The van der Waals surface area contributed by atoms with E-state index in [-0.39, 0.29) is 11.8 Å². The molecule has 0 atom stereocenters. The van der Waals surface area contributed by atoms with Crippen molar-refractivity contribution in [2.75, 3.05) is 30.0 Å². The molecule has 1 aromatic carbocycles. The molecule has 1 aliphatic carbocycles. The molecular formula is C24H32N2O3. The highest BCUT2D eigenvalue weighted by Gasteiger charge is 2.51. The zero-order valence-corrected chi connectivity index (χ0v) is 17.6. The van der Waals surface area contributed by atoms with Gasteiger partial charge in [0.1, 0.15) is 0 Å². The van der Waals surface area contributed by atoms with Crippen molar-refractivity contribution in [1.29, 1.82) is 0 Å². The molecule has 1 N–H and O–H groups in total. The summed E-state index contributed by atoms with van der Waals surface area (Å²) in [5.41, 5.74) is 3.58. The van der Waals surface area contributed by atoms with Crippen molar-refractivity contribution in [3.05, 3.63) is 35.4 Å². The van der Waals surface area contributed by atoms with Crippen molar-refractivity contribution in [3.63, 3.8) is 0 Å². The van der Waals surface area contributed by atoms with Gasteiger partial charge < -0.3 is 15.0 Å². The van der Waals surface area contributed by atoms with E-state index in [9.17, 15) is 9.59 Å². The average molecular weight is 397 g/mol. The first-order valence-corrected chi connectivity index (χ1v) is 11.0. The van der Waals surface area contributed by atoms with Gasteiger partial charge in [-0.15, -0.1) is 0 Å². The van der Waals surface area contributed by atoms with Crippen LogP contribution in [0, 0.1) is 5.92 Å². The molecule has 5 heteroatoms. The Balaban J connectivity index is 1.59. The van der Waals surface area contributed by atoms with E-state index in [0.29, 0.717) is 44.9 Å². The molecule has 0 saturated carbocycles. The first-order valence-electron chi connectivity index (χ1n) is 11.0. The van der Waals surface area contributed by atoms with Crippen LogP contribution in [0.5, 0.6) is 0 Å². The fourth-order valence-corrected chi connectivity index (χ4v) is 4.94. The molecule has 4 rings (SSSR count). The summed E-state index contributed by atoms with van der Waals surface area (Å²) in [6.45, 7) is 6.19. The van der Waals surface area contributed by atoms with Crippen molar-refractivity contribution < 1.29 is 14.3 Å². The average Bonchev–Trinajstić information content (AvgIpc) is 2.91. The predicted molar refractivity (Wildman–Crippen MR) is 115 cm³/mol. The topological polar surface area (TPSA) is 58.6 Å². The third kappa shape index (κ3) is 3.97. The van der Waals surface area contributed by atoms with E-state index in [4.69, 9.17) is 4.74 Å². The fraction of sp³-hybridized carbons (Fsp3) is 0.583. The number of fused-ring (bicyclic) bond motifs is 2. The number of carbonyl (C=O) groups excluding carboxylic acids is 2. The molecule has 1 saturated heterocycles. The Morgan fingerprint density at radius 3 is 2.72 bits per heavy atom. The zero-order chi connectivity index (χ0) is 20.4. The van der Waals surface area contributed by atoms with Gasteiger partial charge in [0.25, 0.3) is 0 Å². The first-order chi connectivity index (χ1) is 14.0. The SMILES string of the molecule is CC(C)CN1C(=O)C2(CCOCC2)c2cc(NC(=O)CC3=CCCCC3)ccc21. The van der Waals surface area contributed by atoms with E-state index in [1.165, 1.54) is 18.4 Å². The summed E-state index contributed by atoms with van der Waals surface area (Å²) in [5, 5.41) is 3.07. The van der Waals surface area contributed by atoms with Gasteiger partial charge >= 0.3 is 0 Å². The van der Waals surface area contributed by atoms with Gasteiger partial charge in [0.2, 0.25) is 11.8 Å². The van der Waals surface area contributed by atoms with Gasteiger partial charge in [0, 0.05) is 37.6 Å². The van der Waals surface area contributed by atoms with Crippen LogP contribution in [0.1, 0.15) is 64.4 Å². The van der Waals surface area contributed by atoms with Crippen LogP contribution in [0.3, 0.4) is 0 Å². The number of nitrogens with one attached hydrogen (secondary N) is 1. The Morgan fingerprint density at radius 1 is 1.24 bits per heavy atom. The number of allylic oxidation sites excluding steroid dienone is 1. The highest BCUT2D eigenvalue weighted by atomic mass is 16.5. The van der Waals surface area contributed by atoms with Crippen molar-refractivity contribution in [2.24, 2.45) is 5.92 Å². The molecule has 1 fully saturated rings. The Morgan fingerprint density at radius 2 is 2.03 bits per heavy atom. The van der Waals surface area contributed by atoms with Crippen LogP contribution in [0.25, 0.3) is 0 Å². The van der Waals surface area contributed by atoms with E-state index in [1.54, 1.807) is 0 Å². The predicted octanol–water partition coefficient (Wildman–Crippen LogP) is 4.57. The molecule has 0 bridgehead atoms. The summed E-state index contributed by atoms with van der Waals surface area (Å²) < 4.78 is 5.57. The monoisotopic (exact) mass is 396 g/mol. The Bertz CT molecular complexity index is 821. The van der Waals surface area contributed by atoms with Crippen molar-refractivity contribution in [1.82, 2.24) is 0 Å². The minimum Gasteiger partial charge on any atom is -0.381 e. The molecule has 5 nitrogen and oxygen atoms in total. The van der Waals surface area contributed by atoms with Gasteiger partial charge in [-0.25, -0.2) is 0 Å². The Hall–Kier alpha value is -2.14. The van der Waals surface area contributed by atoms with Crippen LogP contribution < -0.4 is 10.2 Å². The third-order valence-corrected chi connectivity index (χ3v) is 6.41. The number of rotatable bonds is 5. The zero-order valence-electron chi connectivity index (χ0n) is 17.6. The van der Waals surface area contributed by atoms with Crippen LogP contribution in [-0.4, -0.2) is 31.6 Å². The van der Waals surface area contributed by atoms with Crippen molar-refractivity contribution in [2.45, 2.75) is 64.2 Å². The maximum atomic E-state index is 13.4. The molecule has 2 amide bonds. The molecule has 1 aromatic rings. The summed E-state index contributed by atoms with van der Waals surface area (Å²) >= 11 is 0. The number of hydrogen-bond acceptors (Lipinski definition) is 3. The van der Waals surface area contributed by atoms with Crippen LogP contribution in [0.2, 0.25) is 0 Å². The number of nitrogens with zero attached hydrogens (tertiary/aromatic N) is 1. The van der Waals surface area contributed by atoms with Crippen LogP contribution >= 0.6 is 0 Å². The second-order valence-electron chi connectivity index (χ2n) is 9.07. The highest BCUT2D eigenvalue weighted by molar-refractivity contribution is 6.09. The van der Waals surface area contributed by atoms with Crippen LogP contribution in [0.4, 0.5) is 11.4 Å². The number of hydrogen-bond donors (Lipinski definition) is 1. The summed E-state index contributed by atoms with van der Waals surface area (Å²) in [6, 6.07) is 5.98. The fourth-order valence-electron chi connectivity index (χ4n) is 4.94. The van der Waals surface area contributed by atoms with Crippen molar-refractivity contribution >= 4 is 23.2 Å². The summed E-state index contributed by atoms with van der Waals surface area (Å²) in [6.07, 6.45) is 8.60. The lowest BCUT2D eigenvalue weighted by molar-refractivity contribution is -0.126. The number of ether oxygens (including phenoxy) is 1. The molecule has 2 heterocycles. The second-order valence-corrected chi connectivity index (χ2v) is 9.07. The lowest BCUT2D eigenvalue weighted by atomic mass is 9.75. The largest absolute Gasteiger partial charge is 0.381 e. The van der Waals surface area contributed by atoms with Gasteiger partial charge in [-0.3, -0.25) is 9.59 Å². The molecule has 2 aliphatic heterocycles. The summed E-state index contributed by atoms with van der Waals surface area (Å²) in [5.74, 6) is 0.618. The van der Waals surface area contributed by atoms with Crippen molar-refractivity contribution in [3.8, 4) is 0 Å². The molecule has 3 aliphatic rings. The normalized spacial score (nSPS) is 20.7. The number of benzene rings is 1. The summed E-state index contributed by atoms with van der Waals surface area (Å²) in [4.78, 5) is 28.0. The minimum atomic E-state index is -0.505. The summed E-state index contributed by atoms with van der Waals surface area (Å²) in [7, 11) is 0. The van der Waals surface area contributed by atoms with E-state index in [1.807, 2.05) is 23.1 Å². The van der Waals surface area contributed by atoms with Gasteiger partial charge in [0.05, 0.1) is 5.41 Å². The minimum absolute atomic E-state index is 0.0301. The van der Waals surface area contributed by atoms with E-state index in [2.05, 4.69) is 25.2 Å².